The highest BCUT2D eigenvalue weighted by molar-refractivity contribution is 5.95. The maximum absolute atomic E-state index is 14.7. The van der Waals surface area contributed by atoms with Crippen LogP contribution in [0.25, 0.3) is 17.3 Å². The molecule has 1 atom stereocenters. The van der Waals surface area contributed by atoms with E-state index in [9.17, 15) is 31.5 Å². The van der Waals surface area contributed by atoms with Crippen LogP contribution in [-0.4, -0.2) is 63.7 Å². The first-order valence-electron chi connectivity index (χ1n) is 17.6. The van der Waals surface area contributed by atoms with Crippen molar-refractivity contribution in [3.8, 4) is 11.3 Å². The minimum Gasteiger partial charge on any atom is -0.338 e. The van der Waals surface area contributed by atoms with Crippen LogP contribution < -0.4 is 0 Å². The fourth-order valence-electron chi connectivity index (χ4n) is 6.45. The second-order valence-electron chi connectivity index (χ2n) is 13.3. The number of halogens is 5. The molecule has 54 heavy (non-hydrogen) atoms. The summed E-state index contributed by atoms with van der Waals surface area (Å²) in [5, 5.41) is 0. The van der Waals surface area contributed by atoms with Crippen LogP contribution in [0.2, 0.25) is 0 Å². The third-order valence-electron chi connectivity index (χ3n) is 9.57. The van der Waals surface area contributed by atoms with Gasteiger partial charge in [-0.05, 0) is 59.5 Å². The summed E-state index contributed by atoms with van der Waals surface area (Å²) in [6, 6.07) is 29.2. The predicted octanol–water partition coefficient (Wildman–Crippen LogP) is 8.35. The summed E-state index contributed by atoms with van der Waals surface area (Å²) in [7, 11) is 0. The summed E-state index contributed by atoms with van der Waals surface area (Å²) in [4.78, 5) is 38.3. The molecule has 0 radical (unpaired) electrons. The molecule has 11 heteroatoms. The third-order valence-corrected chi connectivity index (χ3v) is 9.57. The Bertz CT molecular complexity index is 2060. The van der Waals surface area contributed by atoms with Crippen LogP contribution in [0.3, 0.4) is 0 Å². The SMILES string of the molecule is Cc1ccc(CN2CCN(C(=O)[C@H](Cc3ccccc3)N(Cc3ccc(-c4ccccn4)cc3)C(=O)C=Cc3ccc(C(F)(F)F)cc3)CC2)c(F)c1F. The van der Waals surface area contributed by atoms with E-state index in [0.717, 1.165) is 34.5 Å². The number of pyridine rings is 1. The fraction of sp³-hybridized carbons (Fsp3) is 0.233. The van der Waals surface area contributed by atoms with Gasteiger partial charge in [-0.25, -0.2) is 8.78 Å². The van der Waals surface area contributed by atoms with E-state index in [0.29, 0.717) is 31.7 Å². The summed E-state index contributed by atoms with van der Waals surface area (Å²) in [5.74, 6) is -2.50. The van der Waals surface area contributed by atoms with E-state index in [2.05, 4.69) is 4.98 Å². The lowest BCUT2D eigenvalue weighted by atomic mass is 10.0. The zero-order valence-corrected chi connectivity index (χ0v) is 29.6. The van der Waals surface area contributed by atoms with Crippen molar-refractivity contribution in [1.29, 1.82) is 0 Å². The molecule has 1 aliphatic rings. The summed E-state index contributed by atoms with van der Waals surface area (Å²) in [6.45, 7) is 3.20. The van der Waals surface area contributed by atoms with Crippen LogP contribution >= 0.6 is 0 Å². The Morgan fingerprint density at radius 1 is 0.796 bits per heavy atom. The first kappa shape index (κ1) is 38.1. The number of piperazine rings is 1. The molecule has 1 fully saturated rings. The quantitative estimate of drug-likeness (QED) is 0.101. The summed E-state index contributed by atoms with van der Waals surface area (Å²) in [5.41, 5.74) is 3.31. The highest BCUT2D eigenvalue weighted by Crippen LogP contribution is 2.29. The molecule has 0 saturated carbocycles. The molecule has 1 saturated heterocycles. The summed E-state index contributed by atoms with van der Waals surface area (Å²) in [6.07, 6.45) is 0.136. The number of hydrogen-bond acceptors (Lipinski definition) is 4. The number of benzene rings is 4. The number of carbonyl (C=O) groups is 2. The lowest BCUT2D eigenvalue weighted by molar-refractivity contribution is -0.145. The van der Waals surface area contributed by atoms with Crippen LogP contribution in [0.5, 0.6) is 0 Å². The second kappa shape index (κ2) is 17.0. The molecule has 6 nitrogen and oxygen atoms in total. The maximum Gasteiger partial charge on any atom is 0.416 e. The Morgan fingerprint density at radius 2 is 1.48 bits per heavy atom. The summed E-state index contributed by atoms with van der Waals surface area (Å²) < 4.78 is 68.5. The van der Waals surface area contributed by atoms with Crippen molar-refractivity contribution in [2.45, 2.75) is 38.7 Å². The van der Waals surface area contributed by atoms with Crippen molar-refractivity contribution in [2.75, 3.05) is 26.2 Å². The molecular formula is C43H39F5N4O2. The van der Waals surface area contributed by atoms with Gasteiger partial charge < -0.3 is 9.80 Å². The smallest absolute Gasteiger partial charge is 0.338 e. The van der Waals surface area contributed by atoms with Gasteiger partial charge in [0.25, 0.3) is 0 Å². The van der Waals surface area contributed by atoms with Crippen LogP contribution in [0.1, 0.15) is 33.4 Å². The number of rotatable bonds is 11. The van der Waals surface area contributed by atoms with Crippen LogP contribution in [0.4, 0.5) is 22.0 Å². The van der Waals surface area contributed by atoms with Gasteiger partial charge in [-0.2, -0.15) is 13.2 Å². The lowest BCUT2D eigenvalue weighted by Gasteiger charge is -2.39. The van der Waals surface area contributed by atoms with Crippen molar-refractivity contribution < 1.29 is 31.5 Å². The maximum atomic E-state index is 14.7. The molecule has 4 aromatic carbocycles. The number of hydrogen-bond donors (Lipinski definition) is 0. The molecule has 2 heterocycles. The van der Waals surface area contributed by atoms with Gasteiger partial charge in [0.15, 0.2) is 11.6 Å². The van der Waals surface area contributed by atoms with Gasteiger partial charge in [0.2, 0.25) is 11.8 Å². The average molecular weight is 739 g/mol. The first-order chi connectivity index (χ1) is 26.0. The average Bonchev–Trinajstić information content (AvgIpc) is 3.19. The minimum atomic E-state index is -4.49. The van der Waals surface area contributed by atoms with Crippen molar-refractivity contribution in [3.63, 3.8) is 0 Å². The zero-order chi connectivity index (χ0) is 38.2. The Morgan fingerprint density at radius 3 is 2.13 bits per heavy atom. The molecule has 278 valence electrons. The fourth-order valence-corrected chi connectivity index (χ4v) is 6.45. The van der Waals surface area contributed by atoms with E-state index >= 15 is 0 Å². The van der Waals surface area contributed by atoms with Crippen LogP contribution in [-0.2, 0) is 35.3 Å². The molecule has 5 aromatic rings. The van der Waals surface area contributed by atoms with E-state index in [1.54, 1.807) is 23.2 Å². The standard InChI is InChI=1S/C43H39F5N4O2/c1-30-10-16-35(41(45)40(30)44)29-50-23-25-51(26-24-50)42(54)38(27-32-7-3-2-4-8-32)52(28-33-11-17-34(18-12-33)37-9-5-6-22-49-37)39(53)21-15-31-13-19-36(20-14-31)43(46,47)48/h2-22,38H,23-29H2,1H3/t38-/m0/s1. The van der Waals surface area contributed by atoms with E-state index in [1.165, 1.54) is 36.1 Å². The molecule has 0 unspecified atom stereocenters. The predicted molar refractivity (Wildman–Crippen MR) is 198 cm³/mol. The number of aryl methyl sites for hydroxylation is 1. The van der Waals surface area contributed by atoms with Gasteiger partial charge in [0.05, 0.1) is 11.3 Å². The molecule has 0 bridgehead atoms. The second-order valence-corrected chi connectivity index (χ2v) is 13.3. The molecule has 0 spiro atoms. The molecule has 0 aliphatic carbocycles. The number of nitrogens with zero attached hydrogens (tertiary/aromatic N) is 4. The minimum absolute atomic E-state index is 0.0696. The largest absolute Gasteiger partial charge is 0.416 e. The molecule has 0 N–H and O–H groups in total. The number of alkyl halides is 3. The molecule has 1 aromatic heterocycles. The van der Waals surface area contributed by atoms with Gasteiger partial charge in [0.1, 0.15) is 6.04 Å². The van der Waals surface area contributed by atoms with E-state index in [1.807, 2.05) is 77.7 Å². The molecular weight excluding hydrogens is 699 g/mol. The Balaban J connectivity index is 1.27. The monoisotopic (exact) mass is 738 g/mol. The van der Waals surface area contributed by atoms with E-state index < -0.39 is 35.3 Å². The van der Waals surface area contributed by atoms with Crippen LogP contribution in [0, 0.1) is 18.6 Å². The Labute approximate surface area is 311 Å². The van der Waals surface area contributed by atoms with E-state index in [-0.39, 0.29) is 36.5 Å². The number of carbonyl (C=O) groups excluding carboxylic acids is 2. The highest BCUT2D eigenvalue weighted by atomic mass is 19.4. The van der Waals surface area contributed by atoms with E-state index in [4.69, 9.17) is 0 Å². The van der Waals surface area contributed by atoms with Crippen molar-refractivity contribution in [3.05, 3.63) is 166 Å². The molecule has 1 aliphatic heterocycles. The van der Waals surface area contributed by atoms with Gasteiger partial charge in [-0.1, -0.05) is 84.9 Å². The zero-order valence-electron chi connectivity index (χ0n) is 29.6. The molecule has 2 amide bonds. The third kappa shape index (κ3) is 9.45. The van der Waals surface area contributed by atoms with Gasteiger partial charge in [-0.3, -0.25) is 19.5 Å². The molecule has 6 rings (SSSR count). The van der Waals surface area contributed by atoms with Gasteiger partial charge >= 0.3 is 6.18 Å². The topological polar surface area (TPSA) is 56.8 Å². The lowest BCUT2D eigenvalue weighted by Crippen LogP contribution is -2.56. The van der Waals surface area contributed by atoms with Gasteiger partial charge in [-0.15, -0.1) is 0 Å². The van der Waals surface area contributed by atoms with Crippen LogP contribution in [0.15, 0.2) is 121 Å². The number of amides is 2. The van der Waals surface area contributed by atoms with Crippen molar-refractivity contribution in [2.24, 2.45) is 0 Å². The summed E-state index contributed by atoms with van der Waals surface area (Å²) >= 11 is 0. The highest BCUT2D eigenvalue weighted by Gasteiger charge is 2.34. The number of aromatic nitrogens is 1. The Kier molecular flexibility index (Phi) is 12.0. The van der Waals surface area contributed by atoms with Crippen molar-refractivity contribution >= 4 is 17.9 Å². The Hall–Kier alpha value is -5.68. The normalized spacial score (nSPS) is 14.3. The first-order valence-corrected chi connectivity index (χ1v) is 17.6. The van der Waals surface area contributed by atoms with Crippen molar-refractivity contribution in [1.82, 2.24) is 19.7 Å². The van der Waals surface area contributed by atoms with Gasteiger partial charge in [0, 0.05) is 69.1 Å².